The van der Waals surface area contributed by atoms with Gasteiger partial charge in [-0.1, -0.05) is 35.9 Å². The molecule has 0 bridgehead atoms. The molecule has 1 saturated heterocycles. The quantitative estimate of drug-likeness (QED) is 0.619. The van der Waals surface area contributed by atoms with Crippen LogP contribution in [0.1, 0.15) is 10.4 Å². The van der Waals surface area contributed by atoms with Crippen molar-refractivity contribution in [3.05, 3.63) is 89.4 Å². The topological polar surface area (TPSA) is 32.8 Å². The van der Waals surface area contributed by atoms with Crippen LogP contribution in [0, 0.1) is 0 Å². The molecule has 1 aliphatic heterocycles. The fourth-order valence-electron chi connectivity index (χ4n) is 3.32. The number of rotatable bonds is 4. The zero-order valence-electron chi connectivity index (χ0n) is 15.4. The summed E-state index contributed by atoms with van der Waals surface area (Å²) in [5.74, 6) is 1.45. The Morgan fingerprint density at radius 1 is 0.786 bits per heavy atom. The van der Waals surface area contributed by atoms with E-state index in [2.05, 4.69) is 4.90 Å². The van der Waals surface area contributed by atoms with Gasteiger partial charge in [-0.3, -0.25) is 4.79 Å². The van der Waals surface area contributed by atoms with Crippen molar-refractivity contribution in [2.24, 2.45) is 0 Å². The van der Waals surface area contributed by atoms with Gasteiger partial charge in [0.2, 0.25) is 0 Å². The van der Waals surface area contributed by atoms with Crippen molar-refractivity contribution in [1.82, 2.24) is 4.90 Å². The van der Waals surface area contributed by atoms with Crippen LogP contribution in [0.4, 0.5) is 5.69 Å². The first-order valence-electron chi connectivity index (χ1n) is 9.32. The molecule has 0 saturated carbocycles. The van der Waals surface area contributed by atoms with Gasteiger partial charge in [0.25, 0.3) is 5.91 Å². The van der Waals surface area contributed by atoms with Crippen LogP contribution in [0.2, 0.25) is 5.02 Å². The predicted octanol–water partition coefficient (Wildman–Crippen LogP) is 5.09. The third-order valence-corrected chi connectivity index (χ3v) is 5.07. The number of hydrogen-bond donors (Lipinski definition) is 0. The second-order valence-electron chi connectivity index (χ2n) is 6.70. The fraction of sp³-hybridized carbons (Fsp3) is 0.174. The van der Waals surface area contributed by atoms with Gasteiger partial charge < -0.3 is 14.5 Å². The molecule has 3 aromatic carbocycles. The van der Waals surface area contributed by atoms with Crippen LogP contribution in [0.25, 0.3) is 0 Å². The van der Waals surface area contributed by atoms with Gasteiger partial charge in [-0.05, 0) is 54.6 Å². The van der Waals surface area contributed by atoms with Gasteiger partial charge in [0.1, 0.15) is 11.5 Å². The summed E-state index contributed by atoms with van der Waals surface area (Å²) in [6, 6.07) is 24.8. The third kappa shape index (κ3) is 4.29. The summed E-state index contributed by atoms with van der Waals surface area (Å²) in [5.41, 5.74) is 1.78. The number of ether oxygens (including phenoxy) is 1. The highest BCUT2D eigenvalue weighted by molar-refractivity contribution is 6.30. The normalized spacial score (nSPS) is 14.0. The second-order valence-corrected chi connectivity index (χ2v) is 7.14. The number of carbonyl (C=O) groups is 1. The lowest BCUT2D eigenvalue weighted by atomic mass is 10.1. The number of para-hydroxylation sites is 1. The van der Waals surface area contributed by atoms with Crippen molar-refractivity contribution in [3.8, 4) is 11.5 Å². The lowest BCUT2D eigenvalue weighted by Crippen LogP contribution is -2.48. The van der Waals surface area contributed by atoms with Crippen LogP contribution in [0.5, 0.6) is 11.5 Å². The monoisotopic (exact) mass is 392 g/mol. The fourth-order valence-corrected chi connectivity index (χ4v) is 3.45. The van der Waals surface area contributed by atoms with Crippen molar-refractivity contribution >= 4 is 23.2 Å². The molecule has 0 unspecified atom stereocenters. The Balaban J connectivity index is 1.40. The maximum absolute atomic E-state index is 12.9. The first-order valence-corrected chi connectivity index (χ1v) is 9.69. The zero-order valence-corrected chi connectivity index (χ0v) is 16.2. The van der Waals surface area contributed by atoms with E-state index in [9.17, 15) is 4.79 Å². The molecule has 1 fully saturated rings. The summed E-state index contributed by atoms with van der Waals surface area (Å²) in [7, 11) is 0. The zero-order chi connectivity index (χ0) is 19.3. The summed E-state index contributed by atoms with van der Waals surface area (Å²) >= 11 is 5.97. The smallest absolute Gasteiger partial charge is 0.254 e. The molecular formula is C23H21ClN2O2. The minimum absolute atomic E-state index is 0.0364. The van der Waals surface area contributed by atoms with E-state index in [0.717, 1.165) is 29.5 Å². The van der Waals surface area contributed by atoms with Crippen molar-refractivity contribution in [3.63, 3.8) is 0 Å². The van der Waals surface area contributed by atoms with Crippen molar-refractivity contribution in [1.29, 1.82) is 0 Å². The minimum Gasteiger partial charge on any atom is -0.457 e. The first kappa shape index (κ1) is 18.4. The van der Waals surface area contributed by atoms with E-state index >= 15 is 0 Å². The van der Waals surface area contributed by atoms with E-state index in [-0.39, 0.29) is 5.91 Å². The van der Waals surface area contributed by atoms with Crippen molar-refractivity contribution in [2.75, 3.05) is 31.1 Å². The number of halogens is 1. The van der Waals surface area contributed by atoms with Crippen molar-refractivity contribution in [2.45, 2.75) is 0 Å². The van der Waals surface area contributed by atoms with Gasteiger partial charge >= 0.3 is 0 Å². The van der Waals surface area contributed by atoms with E-state index in [1.807, 2.05) is 77.7 Å². The van der Waals surface area contributed by atoms with Crippen LogP contribution in [0.15, 0.2) is 78.9 Å². The highest BCUT2D eigenvalue weighted by Crippen LogP contribution is 2.24. The molecule has 0 aromatic heterocycles. The number of nitrogens with zero attached hydrogens (tertiary/aromatic N) is 2. The Bertz CT molecular complexity index is 936. The van der Waals surface area contributed by atoms with Gasteiger partial charge in [0.05, 0.1) is 0 Å². The van der Waals surface area contributed by atoms with Gasteiger partial charge in [-0.15, -0.1) is 0 Å². The Morgan fingerprint density at radius 2 is 1.46 bits per heavy atom. The van der Waals surface area contributed by atoms with Crippen LogP contribution >= 0.6 is 11.6 Å². The van der Waals surface area contributed by atoms with Crippen LogP contribution in [0.3, 0.4) is 0 Å². The second kappa shape index (κ2) is 8.36. The predicted molar refractivity (Wildman–Crippen MR) is 113 cm³/mol. The molecule has 0 aliphatic carbocycles. The summed E-state index contributed by atoms with van der Waals surface area (Å²) in [5, 5.41) is 0.732. The van der Waals surface area contributed by atoms with Gasteiger partial charge in [0.15, 0.2) is 0 Å². The Morgan fingerprint density at radius 3 is 2.18 bits per heavy atom. The van der Waals surface area contributed by atoms with Crippen LogP contribution < -0.4 is 9.64 Å². The standard InChI is InChI=1S/C23H21ClN2O2/c24-19-9-11-20(12-10-19)25-13-15-26(16-14-25)23(27)18-5-4-8-22(17-18)28-21-6-2-1-3-7-21/h1-12,17H,13-16H2. The molecule has 3 aromatic rings. The number of benzene rings is 3. The van der Waals surface area contributed by atoms with Gasteiger partial charge in [-0.25, -0.2) is 0 Å². The SMILES string of the molecule is O=C(c1cccc(Oc2ccccc2)c1)N1CCN(c2ccc(Cl)cc2)CC1. The number of piperazine rings is 1. The highest BCUT2D eigenvalue weighted by Gasteiger charge is 2.22. The molecule has 142 valence electrons. The molecule has 1 aliphatic rings. The maximum atomic E-state index is 12.9. The summed E-state index contributed by atoms with van der Waals surface area (Å²) in [6.45, 7) is 2.97. The maximum Gasteiger partial charge on any atom is 0.254 e. The molecule has 5 heteroatoms. The lowest BCUT2D eigenvalue weighted by molar-refractivity contribution is 0.0746. The third-order valence-electron chi connectivity index (χ3n) is 4.82. The Labute approximate surface area is 169 Å². The van der Waals surface area contributed by atoms with E-state index < -0.39 is 0 Å². The molecule has 0 spiro atoms. The largest absolute Gasteiger partial charge is 0.457 e. The Hall–Kier alpha value is -2.98. The number of anilines is 1. The van der Waals surface area contributed by atoms with E-state index in [4.69, 9.17) is 16.3 Å². The average molecular weight is 393 g/mol. The molecule has 0 radical (unpaired) electrons. The number of hydrogen-bond acceptors (Lipinski definition) is 3. The molecule has 28 heavy (non-hydrogen) atoms. The molecule has 1 heterocycles. The average Bonchev–Trinajstić information content (AvgIpc) is 2.75. The van der Waals surface area contributed by atoms with E-state index in [1.54, 1.807) is 6.07 Å². The summed E-state index contributed by atoms with van der Waals surface area (Å²) < 4.78 is 5.85. The molecular weight excluding hydrogens is 372 g/mol. The minimum atomic E-state index is 0.0364. The molecule has 4 rings (SSSR count). The number of carbonyl (C=O) groups excluding carboxylic acids is 1. The number of amides is 1. The van der Waals surface area contributed by atoms with E-state index in [1.165, 1.54) is 0 Å². The van der Waals surface area contributed by atoms with Crippen LogP contribution in [-0.2, 0) is 0 Å². The van der Waals surface area contributed by atoms with Gasteiger partial charge in [0, 0.05) is 42.5 Å². The summed E-state index contributed by atoms with van der Waals surface area (Å²) in [6.07, 6.45) is 0. The van der Waals surface area contributed by atoms with Crippen LogP contribution in [-0.4, -0.2) is 37.0 Å². The molecule has 0 atom stereocenters. The molecule has 1 amide bonds. The lowest BCUT2D eigenvalue weighted by Gasteiger charge is -2.36. The summed E-state index contributed by atoms with van der Waals surface area (Å²) in [4.78, 5) is 17.1. The van der Waals surface area contributed by atoms with Gasteiger partial charge in [-0.2, -0.15) is 0 Å². The van der Waals surface area contributed by atoms with Crippen molar-refractivity contribution < 1.29 is 9.53 Å². The first-order chi connectivity index (χ1) is 13.7. The van der Waals surface area contributed by atoms with E-state index in [0.29, 0.717) is 24.4 Å². The molecule has 0 N–H and O–H groups in total. The molecule has 4 nitrogen and oxygen atoms in total. The Kier molecular flexibility index (Phi) is 5.49. The highest BCUT2D eigenvalue weighted by atomic mass is 35.5.